The molecule has 0 spiro atoms. The molecular formula is C15H12BrClO. The minimum absolute atomic E-state index is 0.0127. The molecule has 0 unspecified atom stereocenters. The molecular weight excluding hydrogens is 312 g/mol. The van der Waals surface area contributed by atoms with Gasteiger partial charge in [0.15, 0.2) is 5.78 Å². The molecule has 92 valence electrons. The van der Waals surface area contributed by atoms with E-state index in [4.69, 9.17) is 11.6 Å². The molecule has 0 aliphatic carbocycles. The van der Waals surface area contributed by atoms with Crippen LogP contribution in [0.3, 0.4) is 0 Å². The molecule has 2 aromatic carbocycles. The van der Waals surface area contributed by atoms with Crippen LogP contribution in [0.15, 0.2) is 40.9 Å². The third kappa shape index (κ3) is 2.82. The molecule has 2 rings (SSSR count). The van der Waals surface area contributed by atoms with Crippen LogP contribution in [0, 0.1) is 13.8 Å². The highest BCUT2D eigenvalue weighted by Gasteiger charge is 2.11. The van der Waals surface area contributed by atoms with Gasteiger partial charge in [0.2, 0.25) is 0 Å². The molecule has 1 nitrogen and oxygen atoms in total. The summed E-state index contributed by atoms with van der Waals surface area (Å²) in [5, 5.41) is 0.618. The van der Waals surface area contributed by atoms with Gasteiger partial charge in [-0.15, -0.1) is 0 Å². The first kappa shape index (κ1) is 13.3. The molecule has 0 saturated heterocycles. The van der Waals surface area contributed by atoms with E-state index in [1.54, 1.807) is 12.1 Å². The highest BCUT2D eigenvalue weighted by molar-refractivity contribution is 9.10. The lowest BCUT2D eigenvalue weighted by Gasteiger charge is -2.05. The standard InChI is InChI=1S/C15H12BrClO/c1-9-5-12(7-13(16)6-9)15(18)11-4-3-10(2)14(17)8-11/h3-8H,1-2H3. The van der Waals surface area contributed by atoms with Gasteiger partial charge in [0.1, 0.15) is 0 Å². The summed E-state index contributed by atoms with van der Waals surface area (Å²) in [5.41, 5.74) is 3.30. The van der Waals surface area contributed by atoms with Crippen LogP contribution in [0.1, 0.15) is 27.0 Å². The average Bonchev–Trinajstić information content (AvgIpc) is 2.30. The average molecular weight is 324 g/mol. The van der Waals surface area contributed by atoms with Crippen LogP contribution in [0.2, 0.25) is 5.02 Å². The molecule has 0 N–H and O–H groups in total. The Morgan fingerprint density at radius 1 is 1.06 bits per heavy atom. The Hall–Kier alpha value is -1.12. The number of aryl methyl sites for hydroxylation is 2. The van der Waals surface area contributed by atoms with E-state index in [0.29, 0.717) is 16.1 Å². The Bertz CT molecular complexity index is 600. The Morgan fingerprint density at radius 2 is 1.78 bits per heavy atom. The number of benzene rings is 2. The first-order valence-corrected chi connectivity index (χ1v) is 6.72. The van der Waals surface area contributed by atoms with E-state index in [0.717, 1.165) is 15.6 Å². The Labute approximate surface area is 120 Å². The second-order valence-electron chi connectivity index (χ2n) is 4.31. The fraction of sp³-hybridized carbons (Fsp3) is 0.133. The lowest BCUT2D eigenvalue weighted by Crippen LogP contribution is -2.02. The summed E-state index contributed by atoms with van der Waals surface area (Å²) in [6, 6.07) is 11.1. The number of rotatable bonds is 2. The van der Waals surface area contributed by atoms with Crippen molar-refractivity contribution in [2.45, 2.75) is 13.8 Å². The Balaban J connectivity index is 2.44. The van der Waals surface area contributed by atoms with Crippen LogP contribution >= 0.6 is 27.5 Å². The van der Waals surface area contributed by atoms with Gasteiger partial charge in [-0.25, -0.2) is 0 Å². The van der Waals surface area contributed by atoms with E-state index in [9.17, 15) is 4.79 Å². The molecule has 18 heavy (non-hydrogen) atoms. The highest BCUT2D eigenvalue weighted by atomic mass is 79.9. The van der Waals surface area contributed by atoms with Crippen molar-refractivity contribution in [1.29, 1.82) is 0 Å². The Morgan fingerprint density at radius 3 is 2.39 bits per heavy atom. The van der Waals surface area contributed by atoms with Gasteiger partial charge in [0.05, 0.1) is 0 Å². The number of carbonyl (C=O) groups is 1. The van der Waals surface area contributed by atoms with E-state index in [1.165, 1.54) is 0 Å². The van der Waals surface area contributed by atoms with Gasteiger partial charge in [-0.2, -0.15) is 0 Å². The monoisotopic (exact) mass is 322 g/mol. The second kappa shape index (κ2) is 5.25. The summed E-state index contributed by atoms with van der Waals surface area (Å²) in [7, 11) is 0. The van der Waals surface area contributed by atoms with Crippen LogP contribution < -0.4 is 0 Å². The van der Waals surface area contributed by atoms with E-state index in [2.05, 4.69) is 15.9 Å². The van der Waals surface area contributed by atoms with Gasteiger partial charge in [0.25, 0.3) is 0 Å². The van der Waals surface area contributed by atoms with Crippen molar-refractivity contribution >= 4 is 33.3 Å². The fourth-order valence-electron chi connectivity index (χ4n) is 1.77. The first-order valence-electron chi connectivity index (χ1n) is 5.55. The van der Waals surface area contributed by atoms with Crippen LogP contribution in [0.4, 0.5) is 0 Å². The van der Waals surface area contributed by atoms with Crippen molar-refractivity contribution < 1.29 is 4.79 Å². The van der Waals surface area contributed by atoms with Gasteiger partial charge in [-0.1, -0.05) is 39.7 Å². The molecule has 0 atom stereocenters. The first-order chi connectivity index (χ1) is 8.47. The lowest BCUT2D eigenvalue weighted by atomic mass is 10.0. The van der Waals surface area contributed by atoms with E-state index >= 15 is 0 Å². The molecule has 0 fully saturated rings. The minimum atomic E-state index is -0.0127. The molecule has 3 heteroatoms. The van der Waals surface area contributed by atoms with Crippen LogP contribution in [-0.2, 0) is 0 Å². The molecule has 0 saturated carbocycles. The molecule has 0 amide bonds. The van der Waals surface area contributed by atoms with Gasteiger partial charge in [-0.05, 0) is 49.2 Å². The van der Waals surface area contributed by atoms with E-state index in [-0.39, 0.29) is 5.78 Å². The smallest absolute Gasteiger partial charge is 0.193 e. The number of halogens is 2. The molecule has 2 aromatic rings. The van der Waals surface area contributed by atoms with Crippen molar-refractivity contribution in [2.24, 2.45) is 0 Å². The van der Waals surface area contributed by atoms with Gasteiger partial charge < -0.3 is 0 Å². The molecule has 0 aliphatic heterocycles. The molecule has 0 radical (unpaired) electrons. The van der Waals surface area contributed by atoms with Crippen molar-refractivity contribution in [2.75, 3.05) is 0 Å². The van der Waals surface area contributed by atoms with E-state index < -0.39 is 0 Å². The van der Waals surface area contributed by atoms with Gasteiger partial charge in [-0.3, -0.25) is 4.79 Å². The third-order valence-corrected chi connectivity index (χ3v) is 3.60. The minimum Gasteiger partial charge on any atom is -0.289 e. The highest BCUT2D eigenvalue weighted by Crippen LogP contribution is 2.21. The summed E-state index contributed by atoms with van der Waals surface area (Å²) < 4.78 is 0.907. The molecule has 0 aliphatic rings. The number of ketones is 1. The summed E-state index contributed by atoms with van der Waals surface area (Å²) in [6.45, 7) is 3.88. The van der Waals surface area contributed by atoms with Crippen molar-refractivity contribution in [3.63, 3.8) is 0 Å². The lowest BCUT2D eigenvalue weighted by molar-refractivity contribution is 0.103. The predicted octanol–water partition coefficient (Wildman–Crippen LogP) is 4.95. The molecule has 0 aromatic heterocycles. The predicted molar refractivity (Wildman–Crippen MR) is 78.5 cm³/mol. The fourth-order valence-corrected chi connectivity index (χ4v) is 2.56. The van der Waals surface area contributed by atoms with Gasteiger partial charge in [0, 0.05) is 20.6 Å². The number of carbonyl (C=O) groups excluding carboxylic acids is 1. The van der Waals surface area contributed by atoms with Crippen LogP contribution in [-0.4, -0.2) is 5.78 Å². The summed E-state index contributed by atoms with van der Waals surface area (Å²) in [4.78, 5) is 12.3. The maximum Gasteiger partial charge on any atom is 0.193 e. The quantitative estimate of drug-likeness (QED) is 0.715. The molecule has 0 bridgehead atoms. The summed E-state index contributed by atoms with van der Waals surface area (Å²) in [6.07, 6.45) is 0. The van der Waals surface area contributed by atoms with Crippen molar-refractivity contribution in [3.8, 4) is 0 Å². The summed E-state index contributed by atoms with van der Waals surface area (Å²) >= 11 is 9.45. The Kier molecular flexibility index (Phi) is 3.88. The summed E-state index contributed by atoms with van der Waals surface area (Å²) in [5.74, 6) is -0.0127. The van der Waals surface area contributed by atoms with Crippen LogP contribution in [0.25, 0.3) is 0 Å². The topological polar surface area (TPSA) is 17.1 Å². The number of hydrogen-bond donors (Lipinski definition) is 0. The third-order valence-electron chi connectivity index (χ3n) is 2.74. The zero-order chi connectivity index (χ0) is 13.3. The molecule has 0 heterocycles. The van der Waals surface area contributed by atoms with Crippen molar-refractivity contribution in [3.05, 3.63) is 68.1 Å². The van der Waals surface area contributed by atoms with Gasteiger partial charge >= 0.3 is 0 Å². The maximum absolute atomic E-state index is 12.3. The zero-order valence-corrected chi connectivity index (χ0v) is 12.5. The maximum atomic E-state index is 12.3. The number of hydrogen-bond acceptors (Lipinski definition) is 1. The second-order valence-corrected chi connectivity index (χ2v) is 5.63. The largest absolute Gasteiger partial charge is 0.289 e. The van der Waals surface area contributed by atoms with Crippen molar-refractivity contribution in [1.82, 2.24) is 0 Å². The normalized spacial score (nSPS) is 10.4. The SMILES string of the molecule is Cc1cc(Br)cc(C(=O)c2ccc(C)c(Cl)c2)c1. The zero-order valence-electron chi connectivity index (χ0n) is 10.1. The van der Waals surface area contributed by atoms with Crippen LogP contribution in [0.5, 0.6) is 0 Å². The van der Waals surface area contributed by atoms with E-state index in [1.807, 2.05) is 38.1 Å².